The summed E-state index contributed by atoms with van der Waals surface area (Å²) < 4.78 is 5.22. The second-order valence-electron chi connectivity index (χ2n) is 5.59. The van der Waals surface area contributed by atoms with Crippen LogP contribution in [0.2, 0.25) is 0 Å². The van der Waals surface area contributed by atoms with E-state index in [1.54, 1.807) is 7.11 Å². The van der Waals surface area contributed by atoms with Gasteiger partial charge in [-0.2, -0.15) is 15.0 Å². The molecule has 1 amide bonds. The standard InChI is InChI=1S/C14H22N6O2/c1-22-14-17-12(19-7-4-2-3-5-8-19)16-13(18-14)20-9-6-15-11(21)10-20/h2-10H2,1H3,(H,15,21). The minimum Gasteiger partial charge on any atom is -0.467 e. The SMILES string of the molecule is COc1nc(N2CCCCCC2)nc(N2CCNC(=O)C2)n1. The van der Waals surface area contributed by atoms with Crippen LogP contribution in [0.25, 0.3) is 0 Å². The molecular weight excluding hydrogens is 284 g/mol. The fourth-order valence-corrected chi connectivity index (χ4v) is 2.79. The van der Waals surface area contributed by atoms with Crippen LogP contribution in [0.4, 0.5) is 11.9 Å². The maximum Gasteiger partial charge on any atom is 0.322 e. The van der Waals surface area contributed by atoms with Crippen molar-refractivity contribution in [3.05, 3.63) is 0 Å². The van der Waals surface area contributed by atoms with Crippen LogP contribution in [0.5, 0.6) is 6.01 Å². The Hall–Kier alpha value is -2.12. The number of hydrogen-bond acceptors (Lipinski definition) is 7. The molecule has 3 rings (SSSR count). The van der Waals surface area contributed by atoms with E-state index < -0.39 is 0 Å². The zero-order chi connectivity index (χ0) is 15.4. The molecule has 120 valence electrons. The van der Waals surface area contributed by atoms with Crippen molar-refractivity contribution in [2.75, 3.05) is 49.6 Å². The molecule has 22 heavy (non-hydrogen) atoms. The van der Waals surface area contributed by atoms with Gasteiger partial charge in [-0.3, -0.25) is 4.79 Å². The molecule has 2 aliphatic rings. The average Bonchev–Trinajstić information content (AvgIpc) is 2.83. The monoisotopic (exact) mass is 306 g/mol. The zero-order valence-corrected chi connectivity index (χ0v) is 12.9. The Morgan fingerprint density at radius 2 is 1.64 bits per heavy atom. The van der Waals surface area contributed by atoms with Gasteiger partial charge in [-0.05, 0) is 12.8 Å². The Morgan fingerprint density at radius 3 is 2.27 bits per heavy atom. The van der Waals surface area contributed by atoms with Gasteiger partial charge in [-0.15, -0.1) is 0 Å². The molecule has 0 saturated carbocycles. The van der Waals surface area contributed by atoms with Crippen LogP contribution in [0.1, 0.15) is 25.7 Å². The Labute approximate surface area is 129 Å². The number of amides is 1. The van der Waals surface area contributed by atoms with Gasteiger partial charge in [0.25, 0.3) is 0 Å². The van der Waals surface area contributed by atoms with E-state index >= 15 is 0 Å². The molecule has 2 fully saturated rings. The summed E-state index contributed by atoms with van der Waals surface area (Å²) >= 11 is 0. The summed E-state index contributed by atoms with van der Waals surface area (Å²) in [7, 11) is 1.55. The molecule has 1 N–H and O–H groups in total. The average molecular weight is 306 g/mol. The van der Waals surface area contributed by atoms with E-state index in [-0.39, 0.29) is 12.5 Å². The van der Waals surface area contributed by atoms with Crippen LogP contribution < -0.4 is 19.9 Å². The molecule has 2 aliphatic heterocycles. The van der Waals surface area contributed by atoms with Crippen molar-refractivity contribution in [1.29, 1.82) is 0 Å². The molecular formula is C14H22N6O2. The predicted octanol–water partition coefficient (Wildman–Crippen LogP) is 0.197. The summed E-state index contributed by atoms with van der Waals surface area (Å²) in [6, 6.07) is 0.301. The number of rotatable bonds is 3. The summed E-state index contributed by atoms with van der Waals surface area (Å²) in [5, 5.41) is 2.80. The van der Waals surface area contributed by atoms with E-state index in [1.165, 1.54) is 12.8 Å². The van der Waals surface area contributed by atoms with Crippen molar-refractivity contribution in [1.82, 2.24) is 20.3 Å². The number of anilines is 2. The highest BCUT2D eigenvalue weighted by atomic mass is 16.5. The van der Waals surface area contributed by atoms with Crippen molar-refractivity contribution >= 4 is 17.8 Å². The second-order valence-corrected chi connectivity index (χ2v) is 5.59. The number of hydrogen-bond donors (Lipinski definition) is 1. The van der Waals surface area contributed by atoms with Gasteiger partial charge >= 0.3 is 6.01 Å². The van der Waals surface area contributed by atoms with Gasteiger partial charge in [0.15, 0.2) is 0 Å². The quantitative estimate of drug-likeness (QED) is 0.854. The molecule has 0 bridgehead atoms. The molecule has 0 spiro atoms. The van der Waals surface area contributed by atoms with E-state index in [4.69, 9.17) is 4.74 Å². The number of aromatic nitrogens is 3. The highest BCUT2D eigenvalue weighted by Gasteiger charge is 2.22. The Kier molecular flexibility index (Phi) is 4.55. The Morgan fingerprint density at radius 1 is 0.955 bits per heavy atom. The van der Waals surface area contributed by atoms with E-state index in [1.807, 2.05) is 4.90 Å². The molecule has 0 unspecified atom stereocenters. The van der Waals surface area contributed by atoms with Gasteiger partial charge in [0.1, 0.15) is 0 Å². The number of piperazine rings is 1. The maximum atomic E-state index is 11.6. The first-order valence-corrected chi connectivity index (χ1v) is 7.83. The molecule has 1 aromatic heterocycles. The molecule has 0 radical (unpaired) electrons. The smallest absolute Gasteiger partial charge is 0.322 e. The largest absolute Gasteiger partial charge is 0.467 e. The highest BCUT2D eigenvalue weighted by molar-refractivity contribution is 5.81. The van der Waals surface area contributed by atoms with E-state index in [0.29, 0.717) is 31.0 Å². The third-order valence-electron chi connectivity index (χ3n) is 3.98. The molecule has 0 aliphatic carbocycles. The summed E-state index contributed by atoms with van der Waals surface area (Å²) in [5.41, 5.74) is 0. The van der Waals surface area contributed by atoms with Crippen LogP contribution in [0, 0.1) is 0 Å². The molecule has 3 heterocycles. The maximum absolute atomic E-state index is 11.6. The third kappa shape index (κ3) is 3.37. The van der Waals surface area contributed by atoms with Crippen molar-refractivity contribution in [2.45, 2.75) is 25.7 Å². The lowest BCUT2D eigenvalue weighted by Crippen LogP contribution is -2.48. The number of methoxy groups -OCH3 is 1. The van der Waals surface area contributed by atoms with Crippen molar-refractivity contribution < 1.29 is 9.53 Å². The lowest BCUT2D eigenvalue weighted by atomic mass is 10.2. The van der Waals surface area contributed by atoms with Crippen LogP contribution in [0.3, 0.4) is 0 Å². The van der Waals surface area contributed by atoms with Crippen LogP contribution >= 0.6 is 0 Å². The van der Waals surface area contributed by atoms with Gasteiger partial charge in [0.2, 0.25) is 17.8 Å². The summed E-state index contributed by atoms with van der Waals surface area (Å²) in [6.07, 6.45) is 4.79. The van der Waals surface area contributed by atoms with Gasteiger partial charge < -0.3 is 19.9 Å². The topological polar surface area (TPSA) is 83.5 Å². The number of nitrogens with one attached hydrogen (secondary N) is 1. The van der Waals surface area contributed by atoms with Crippen molar-refractivity contribution in [3.8, 4) is 6.01 Å². The Bertz CT molecular complexity index is 530. The van der Waals surface area contributed by atoms with Gasteiger partial charge in [-0.1, -0.05) is 12.8 Å². The van der Waals surface area contributed by atoms with Crippen molar-refractivity contribution in [3.63, 3.8) is 0 Å². The number of ether oxygens (including phenoxy) is 1. The van der Waals surface area contributed by atoms with E-state index in [2.05, 4.69) is 25.2 Å². The molecule has 2 saturated heterocycles. The first-order chi connectivity index (χ1) is 10.8. The summed E-state index contributed by atoms with van der Waals surface area (Å²) in [6.45, 7) is 3.47. The lowest BCUT2D eigenvalue weighted by molar-refractivity contribution is -0.120. The summed E-state index contributed by atoms with van der Waals surface area (Å²) in [5.74, 6) is 1.15. The minimum absolute atomic E-state index is 0.0121. The molecule has 1 aromatic rings. The predicted molar refractivity (Wildman–Crippen MR) is 82.3 cm³/mol. The first-order valence-electron chi connectivity index (χ1n) is 7.83. The molecule has 0 atom stereocenters. The van der Waals surface area contributed by atoms with Crippen LogP contribution in [0.15, 0.2) is 0 Å². The van der Waals surface area contributed by atoms with Gasteiger partial charge in [0.05, 0.1) is 13.7 Å². The Balaban J connectivity index is 1.86. The second kappa shape index (κ2) is 6.76. The van der Waals surface area contributed by atoms with E-state index in [0.717, 1.165) is 25.9 Å². The van der Waals surface area contributed by atoms with Crippen LogP contribution in [-0.2, 0) is 4.79 Å². The molecule has 8 heteroatoms. The molecule has 0 aromatic carbocycles. The number of nitrogens with zero attached hydrogens (tertiary/aromatic N) is 5. The summed E-state index contributed by atoms with van der Waals surface area (Å²) in [4.78, 5) is 28.9. The van der Waals surface area contributed by atoms with Crippen LogP contribution in [-0.4, -0.2) is 60.7 Å². The minimum atomic E-state index is -0.0121. The first kappa shape index (κ1) is 14.8. The molecule has 8 nitrogen and oxygen atoms in total. The third-order valence-corrected chi connectivity index (χ3v) is 3.98. The fourth-order valence-electron chi connectivity index (χ4n) is 2.79. The van der Waals surface area contributed by atoms with Crippen molar-refractivity contribution in [2.24, 2.45) is 0 Å². The fraction of sp³-hybridized carbons (Fsp3) is 0.714. The van der Waals surface area contributed by atoms with E-state index in [9.17, 15) is 4.79 Å². The van der Waals surface area contributed by atoms with Gasteiger partial charge in [0, 0.05) is 26.2 Å². The van der Waals surface area contributed by atoms with Gasteiger partial charge in [-0.25, -0.2) is 0 Å². The number of carbonyl (C=O) groups is 1. The zero-order valence-electron chi connectivity index (χ0n) is 12.9. The normalized spacial score (nSPS) is 19.6. The highest BCUT2D eigenvalue weighted by Crippen LogP contribution is 2.21. The number of carbonyl (C=O) groups excluding carboxylic acids is 1. The lowest BCUT2D eigenvalue weighted by Gasteiger charge is -2.28.